The number of benzene rings is 1. The van der Waals surface area contributed by atoms with Crippen LogP contribution in [0.1, 0.15) is 63.1 Å². The molecule has 0 spiro atoms. The van der Waals surface area contributed by atoms with Crippen LogP contribution >= 0.6 is 11.3 Å². The van der Waals surface area contributed by atoms with E-state index in [-0.39, 0.29) is 99.4 Å². The molecule has 2 bridgehead atoms. The van der Waals surface area contributed by atoms with E-state index in [0.717, 1.165) is 17.5 Å². The molecule has 4 aliphatic rings. The predicted molar refractivity (Wildman–Crippen MR) is 196 cm³/mol. The number of carbonyl (C=O) groups excluding carboxylic acids is 1. The van der Waals surface area contributed by atoms with Gasteiger partial charge in [-0.25, -0.2) is 27.2 Å². The average Bonchev–Trinajstić information content (AvgIpc) is 3.81. The molecule has 4 aromatic rings. The molecule has 14 nitrogen and oxygen atoms in total. The minimum absolute atomic E-state index is 0.0102. The summed E-state index contributed by atoms with van der Waals surface area (Å²) in [5.41, 5.74) is -0.659. The highest BCUT2D eigenvalue weighted by Crippen LogP contribution is 2.48. The highest BCUT2D eigenvalue weighted by molar-refractivity contribution is 7.23. The van der Waals surface area contributed by atoms with Gasteiger partial charge in [0.1, 0.15) is 40.7 Å². The zero-order chi connectivity index (χ0) is 39.8. The molecule has 0 radical (unpaired) electrons. The van der Waals surface area contributed by atoms with Gasteiger partial charge >= 0.3 is 18.2 Å². The van der Waals surface area contributed by atoms with E-state index in [2.05, 4.69) is 15.3 Å². The topological polar surface area (TPSA) is 166 Å². The van der Waals surface area contributed by atoms with Crippen LogP contribution in [0, 0.1) is 23.0 Å². The number of carbonyl (C=O) groups is 2. The van der Waals surface area contributed by atoms with Crippen LogP contribution in [0.25, 0.3) is 32.2 Å². The first-order valence-corrected chi connectivity index (χ1v) is 19.0. The summed E-state index contributed by atoms with van der Waals surface area (Å²) >= 11 is 0.768. The van der Waals surface area contributed by atoms with Gasteiger partial charge in [0, 0.05) is 42.5 Å². The van der Waals surface area contributed by atoms with Crippen molar-refractivity contribution in [2.45, 2.75) is 89.3 Å². The molecule has 0 saturated carbocycles. The van der Waals surface area contributed by atoms with E-state index in [4.69, 9.17) is 19.2 Å². The number of amides is 2. The summed E-state index contributed by atoms with van der Waals surface area (Å²) < 4.78 is 80.4. The van der Waals surface area contributed by atoms with Gasteiger partial charge in [0.25, 0.3) is 5.92 Å². The number of nitrogens with zero attached hydrogens (tertiary/aromatic N) is 7. The van der Waals surface area contributed by atoms with Crippen molar-refractivity contribution in [3.63, 3.8) is 0 Å². The number of rotatable bonds is 6. The Labute approximate surface area is 321 Å². The number of halogens is 4. The number of likely N-dealkylation sites (N-methyl/N-ethyl adjacent to an activating group) is 1. The van der Waals surface area contributed by atoms with Crippen LogP contribution in [0.4, 0.5) is 38.0 Å². The summed E-state index contributed by atoms with van der Waals surface area (Å²) in [6.45, 7) is 5.14. The molecule has 1 aromatic carbocycles. The van der Waals surface area contributed by atoms with Crippen molar-refractivity contribution in [1.29, 1.82) is 5.26 Å². The number of ether oxygens (including phenoxy) is 3. The van der Waals surface area contributed by atoms with Gasteiger partial charge in [0.05, 0.1) is 40.8 Å². The normalized spacial score (nSPS) is 22.0. The Morgan fingerprint density at radius 3 is 2.52 bits per heavy atom. The molecule has 56 heavy (non-hydrogen) atoms. The first kappa shape index (κ1) is 37.8. The fraction of sp³-hybridized carbons (Fsp3) is 0.514. The molecule has 3 fully saturated rings. The zero-order valence-corrected chi connectivity index (χ0v) is 31.7. The Morgan fingerprint density at radius 2 is 1.86 bits per heavy atom. The Morgan fingerprint density at radius 1 is 1.14 bits per heavy atom. The van der Waals surface area contributed by atoms with E-state index in [0.29, 0.717) is 36.9 Å². The number of hydrogen-bond acceptors (Lipinski definition) is 12. The summed E-state index contributed by atoms with van der Waals surface area (Å²) in [5.74, 6) is -4.54. The third kappa shape index (κ3) is 6.46. The Bertz CT molecular complexity index is 2320. The number of nitriles is 1. The van der Waals surface area contributed by atoms with E-state index >= 15 is 17.6 Å². The first-order chi connectivity index (χ1) is 26.6. The highest BCUT2D eigenvalue weighted by Gasteiger charge is 2.46. The van der Waals surface area contributed by atoms with E-state index in [1.54, 1.807) is 27.8 Å². The number of likely N-dealkylation sites (tertiary alicyclic amines) is 2. The van der Waals surface area contributed by atoms with Crippen LogP contribution in [-0.4, -0.2) is 105 Å². The second-order valence-corrected chi connectivity index (χ2v) is 16.6. The Hall–Kier alpha value is -5.06. The molecule has 7 heterocycles. The third-order valence-corrected chi connectivity index (χ3v) is 11.9. The lowest BCUT2D eigenvalue weighted by Crippen LogP contribution is -2.55. The number of fused-ring (bicyclic) bond motifs is 6. The summed E-state index contributed by atoms with van der Waals surface area (Å²) in [6.07, 6.45) is 0.198. The van der Waals surface area contributed by atoms with E-state index < -0.39 is 48.0 Å². The number of nitrogens with one attached hydrogen (secondary N) is 1. The molecular formula is C37H38F4N8O6S. The van der Waals surface area contributed by atoms with Crippen LogP contribution in [0.15, 0.2) is 6.20 Å². The van der Waals surface area contributed by atoms with Crippen LogP contribution in [-0.2, 0) is 22.7 Å². The van der Waals surface area contributed by atoms with Crippen LogP contribution in [0.3, 0.4) is 0 Å². The van der Waals surface area contributed by atoms with Gasteiger partial charge in [0.2, 0.25) is 0 Å². The number of carboxylic acid groups (broad SMARTS) is 1. The SMILES string of the molecule is CN1CCCC(F)(F)C1COc1nc(N2C3CCC2CN(C(=O)O)C3)c2c3c(c(-c4ncc(F)c5sc(NC(=O)OC(C)(C)C)c(C#N)c45)c(F)c2n1)COC3. The predicted octanol–water partition coefficient (Wildman–Crippen LogP) is 6.87. The van der Waals surface area contributed by atoms with Crippen molar-refractivity contribution < 1.29 is 46.5 Å². The van der Waals surface area contributed by atoms with Crippen LogP contribution < -0.4 is 15.0 Å². The summed E-state index contributed by atoms with van der Waals surface area (Å²) in [7, 11) is 1.58. The Kier molecular flexibility index (Phi) is 9.36. The average molecular weight is 799 g/mol. The largest absolute Gasteiger partial charge is 0.465 e. The number of hydrogen-bond donors (Lipinski definition) is 2. The van der Waals surface area contributed by atoms with Gasteiger partial charge in [-0.2, -0.15) is 15.2 Å². The number of thiophene rings is 1. The summed E-state index contributed by atoms with van der Waals surface area (Å²) in [5, 5.41) is 22.9. The maximum absolute atomic E-state index is 17.6. The third-order valence-electron chi connectivity index (χ3n) is 10.8. The lowest BCUT2D eigenvalue weighted by atomic mass is 9.93. The number of aromatic nitrogens is 3. The molecule has 2 amide bonds. The molecule has 19 heteroatoms. The Balaban J connectivity index is 1.32. The lowest BCUT2D eigenvalue weighted by molar-refractivity contribution is -0.117. The number of piperazine rings is 1. The maximum atomic E-state index is 17.6. The van der Waals surface area contributed by atoms with E-state index in [9.17, 15) is 20.0 Å². The maximum Gasteiger partial charge on any atom is 0.412 e. The fourth-order valence-electron chi connectivity index (χ4n) is 8.36. The molecule has 3 unspecified atom stereocenters. The molecule has 0 aliphatic carbocycles. The molecule has 8 rings (SSSR count). The first-order valence-electron chi connectivity index (χ1n) is 18.2. The van der Waals surface area contributed by atoms with Crippen LogP contribution in [0.5, 0.6) is 6.01 Å². The minimum atomic E-state index is -3.06. The number of alkyl halides is 2. The minimum Gasteiger partial charge on any atom is -0.465 e. The van der Waals surface area contributed by atoms with Gasteiger partial charge in [-0.15, -0.1) is 11.3 Å². The number of pyridine rings is 1. The smallest absolute Gasteiger partial charge is 0.412 e. The van der Waals surface area contributed by atoms with Crippen molar-refractivity contribution in [3.05, 3.63) is 34.5 Å². The van der Waals surface area contributed by atoms with Gasteiger partial charge in [-0.05, 0) is 64.8 Å². The number of anilines is 2. The lowest BCUT2D eigenvalue weighted by Gasteiger charge is -2.41. The second kappa shape index (κ2) is 13.8. The van der Waals surface area contributed by atoms with Gasteiger partial charge < -0.3 is 29.1 Å². The molecule has 296 valence electrons. The molecule has 3 atom stereocenters. The molecular weight excluding hydrogens is 761 g/mol. The summed E-state index contributed by atoms with van der Waals surface area (Å²) in [4.78, 5) is 43.1. The monoisotopic (exact) mass is 798 g/mol. The molecule has 2 N–H and O–H groups in total. The molecule has 3 saturated heterocycles. The van der Waals surface area contributed by atoms with Crippen molar-refractivity contribution in [2.24, 2.45) is 0 Å². The molecule has 4 aliphatic heterocycles. The number of piperidine rings is 1. The zero-order valence-electron chi connectivity index (χ0n) is 30.9. The van der Waals surface area contributed by atoms with Gasteiger partial charge in [-0.1, -0.05) is 0 Å². The van der Waals surface area contributed by atoms with Gasteiger partial charge in [-0.3, -0.25) is 15.2 Å². The fourth-order valence-corrected chi connectivity index (χ4v) is 9.40. The second-order valence-electron chi connectivity index (χ2n) is 15.5. The van der Waals surface area contributed by atoms with Crippen molar-refractivity contribution in [2.75, 3.05) is 43.5 Å². The molecule has 3 aromatic heterocycles. The highest BCUT2D eigenvalue weighted by atomic mass is 32.1. The van der Waals surface area contributed by atoms with Gasteiger partial charge in [0.15, 0.2) is 11.6 Å². The quantitative estimate of drug-likeness (QED) is 0.195. The summed E-state index contributed by atoms with van der Waals surface area (Å²) in [6, 6.07) is -0.308. The van der Waals surface area contributed by atoms with Crippen molar-refractivity contribution in [1.82, 2.24) is 24.8 Å². The van der Waals surface area contributed by atoms with E-state index in [1.165, 1.54) is 9.80 Å². The standard InChI is InChI=1S/C37H38F4N8O6S/c1-36(2,3)55-34(50)46-32-19(10-42)25-28(43-11-22(38)30(25)56-32)24-20-14-53-15-21(20)26-29(27(24)39)44-33(54-16-23-37(40,41)8-5-9-47(23)4)45-31(26)49-17-6-7-18(49)13-48(12-17)35(51)52/h11,17-18,23H,5-9,12-16H2,1-4H3,(H,46,50)(H,51,52). The van der Waals surface area contributed by atoms with E-state index in [1.807, 2.05) is 11.0 Å². The van der Waals surface area contributed by atoms with Crippen molar-refractivity contribution in [3.8, 4) is 23.3 Å². The van der Waals surface area contributed by atoms with Crippen molar-refractivity contribution >= 4 is 55.3 Å². The van der Waals surface area contributed by atoms with Crippen LogP contribution in [0.2, 0.25) is 0 Å².